The molecular formula is C12H14N2O3S2. The zero-order valence-corrected chi connectivity index (χ0v) is 12.1. The molecule has 1 aromatic heterocycles. The average Bonchev–Trinajstić information content (AvgIpc) is 2.82. The van der Waals surface area contributed by atoms with Gasteiger partial charge in [-0.1, -0.05) is 17.4 Å². The topological polar surface area (TPSA) is 59.5 Å². The lowest BCUT2D eigenvalue weighted by atomic mass is 10.3. The van der Waals surface area contributed by atoms with E-state index in [9.17, 15) is 8.42 Å². The second-order valence-corrected chi connectivity index (χ2v) is 7.76. The molecule has 5 nitrogen and oxygen atoms in total. The maximum Gasteiger partial charge on any atom is 0.186 e. The van der Waals surface area contributed by atoms with Crippen LogP contribution in [0.25, 0.3) is 10.2 Å². The van der Waals surface area contributed by atoms with Gasteiger partial charge in [0.25, 0.3) is 0 Å². The summed E-state index contributed by atoms with van der Waals surface area (Å²) in [6.07, 6.45) is 0. The zero-order chi connectivity index (χ0) is 13.5. The van der Waals surface area contributed by atoms with Crippen molar-refractivity contribution >= 4 is 36.5 Å². The molecule has 2 aromatic rings. The Morgan fingerprint density at radius 2 is 2.05 bits per heavy atom. The molecule has 0 N–H and O–H groups in total. The van der Waals surface area contributed by atoms with Gasteiger partial charge in [-0.05, 0) is 12.1 Å². The highest BCUT2D eigenvalue weighted by Gasteiger charge is 2.24. The number of aromatic nitrogens is 1. The number of nitrogens with zero attached hydrogens (tertiary/aromatic N) is 2. The molecule has 3 rings (SSSR count). The van der Waals surface area contributed by atoms with Gasteiger partial charge in [0.2, 0.25) is 0 Å². The summed E-state index contributed by atoms with van der Waals surface area (Å²) in [5, 5.41) is 0.870. The molecule has 1 fully saturated rings. The Balaban J connectivity index is 1.94. The number of sulfone groups is 1. The van der Waals surface area contributed by atoms with Gasteiger partial charge in [-0.2, -0.15) is 0 Å². The van der Waals surface area contributed by atoms with Gasteiger partial charge in [-0.25, -0.2) is 13.4 Å². The minimum absolute atomic E-state index is 0.208. The zero-order valence-electron chi connectivity index (χ0n) is 10.5. The predicted octanol–water partition coefficient (Wildman–Crippen LogP) is 1.54. The maximum absolute atomic E-state index is 11.4. The third kappa shape index (κ3) is 2.40. The number of rotatable bonds is 2. The molecule has 1 saturated heterocycles. The van der Waals surface area contributed by atoms with Crippen LogP contribution in [0.5, 0.6) is 5.75 Å². The van der Waals surface area contributed by atoms with E-state index in [4.69, 9.17) is 4.74 Å². The van der Waals surface area contributed by atoms with Crippen LogP contribution in [-0.4, -0.2) is 45.1 Å². The SMILES string of the molecule is COc1cccc2sc(N3CCS(=O)(=O)CC3)nc12. The van der Waals surface area contributed by atoms with Crippen LogP contribution < -0.4 is 9.64 Å². The summed E-state index contributed by atoms with van der Waals surface area (Å²) in [6.45, 7) is 1.04. The molecule has 1 aromatic carbocycles. The van der Waals surface area contributed by atoms with Gasteiger partial charge in [0, 0.05) is 13.1 Å². The third-order valence-electron chi connectivity index (χ3n) is 3.21. The van der Waals surface area contributed by atoms with Crippen LogP contribution in [-0.2, 0) is 9.84 Å². The van der Waals surface area contributed by atoms with Crippen LogP contribution in [0.2, 0.25) is 0 Å². The van der Waals surface area contributed by atoms with E-state index >= 15 is 0 Å². The quantitative estimate of drug-likeness (QED) is 0.841. The summed E-state index contributed by atoms with van der Waals surface area (Å²) in [5.74, 6) is 1.17. The molecule has 0 saturated carbocycles. The van der Waals surface area contributed by atoms with Crippen molar-refractivity contribution in [2.45, 2.75) is 0 Å². The molecule has 19 heavy (non-hydrogen) atoms. The van der Waals surface area contributed by atoms with Crippen LogP contribution in [0.3, 0.4) is 0 Å². The highest BCUT2D eigenvalue weighted by atomic mass is 32.2. The van der Waals surface area contributed by atoms with Crippen molar-refractivity contribution in [3.63, 3.8) is 0 Å². The second kappa shape index (κ2) is 4.64. The van der Waals surface area contributed by atoms with E-state index in [0.29, 0.717) is 13.1 Å². The molecule has 0 atom stereocenters. The van der Waals surface area contributed by atoms with E-state index in [-0.39, 0.29) is 11.5 Å². The highest BCUT2D eigenvalue weighted by Crippen LogP contribution is 2.34. The van der Waals surface area contributed by atoms with Crippen molar-refractivity contribution in [1.29, 1.82) is 0 Å². The van der Waals surface area contributed by atoms with Gasteiger partial charge in [-0.15, -0.1) is 0 Å². The largest absolute Gasteiger partial charge is 0.494 e. The van der Waals surface area contributed by atoms with E-state index in [1.807, 2.05) is 23.1 Å². The lowest BCUT2D eigenvalue weighted by molar-refractivity contribution is 0.419. The van der Waals surface area contributed by atoms with Gasteiger partial charge in [0.1, 0.15) is 11.3 Å². The van der Waals surface area contributed by atoms with Crippen molar-refractivity contribution in [3.05, 3.63) is 18.2 Å². The van der Waals surface area contributed by atoms with Crippen LogP contribution in [0.15, 0.2) is 18.2 Å². The molecule has 0 bridgehead atoms. The molecule has 0 aliphatic carbocycles. The Hall–Kier alpha value is -1.34. The monoisotopic (exact) mass is 298 g/mol. The van der Waals surface area contributed by atoms with E-state index < -0.39 is 9.84 Å². The van der Waals surface area contributed by atoms with Crippen molar-refractivity contribution < 1.29 is 13.2 Å². The maximum atomic E-state index is 11.4. The van der Waals surface area contributed by atoms with E-state index in [1.54, 1.807) is 18.4 Å². The fourth-order valence-electron chi connectivity index (χ4n) is 2.12. The average molecular weight is 298 g/mol. The minimum atomic E-state index is -2.86. The molecule has 102 valence electrons. The number of thiazole rings is 1. The van der Waals surface area contributed by atoms with Gasteiger partial charge < -0.3 is 9.64 Å². The first-order valence-corrected chi connectivity index (χ1v) is 8.62. The summed E-state index contributed by atoms with van der Waals surface area (Å²) in [4.78, 5) is 6.61. The molecule has 0 spiro atoms. The first-order valence-electron chi connectivity index (χ1n) is 5.98. The molecule has 0 amide bonds. The van der Waals surface area contributed by atoms with E-state index in [0.717, 1.165) is 21.1 Å². The lowest BCUT2D eigenvalue weighted by Gasteiger charge is -2.25. The van der Waals surface area contributed by atoms with Crippen LogP contribution in [0.1, 0.15) is 0 Å². The summed E-state index contributed by atoms with van der Waals surface area (Å²) in [6, 6.07) is 5.82. The van der Waals surface area contributed by atoms with Gasteiger partial charge in [-0.3, -0.25) is 0 Å². The first-order chi connectivity index (χ1) is 9.09. The Labute approximate surface area is 115 Å². The molecule has 2 heterocycles. The number of hydrogen-bond donors (Lipinski definition) is 0. The Morgan fingerprint density at radius 3 is 2.74 bits per heavy atom. The normalized spacial score (nSPS) is 18.7. The van der Waals surface area contributed by atoms with E-state index in [2.05, 4.69) is 4.98 Å². The molecule has 0 radical (unpaired) electrons. The summed E-state index contributed by atoms with van der Waals surface area (Å²) in [5.41, 5.74) is 0.846. The van der Waals surface area contributed by atoms with Crippen molar-refractivity contribution in [3.8, 4) is 5.75 Å². The van der Waals surface area contributed by atoms with Gasteiger partial charge in [0.15, 0.2) is 15.0 Å². The first kappa shape index (κ1) is 12.7. The number of ether oxygens (including phenoxy) is 1. The standard InChI is InChI=1S/C12H14N2O3S2/c1-17-9-3-2-4-10-11(9)13-12(18-10)14-5-7-19(15,16)8-6-14/h2-4H,5-8H2,1H3. The van der Waals surface area contributed by atoms with E-state index in [1.165, 1.54) is 0 Å². The predicted molar refractivity (Wildman–Crippen MR) is 77.0 cm³/mol. The number of benzene rings is 1. The smallest absolute Gasteiger partial charge is 0.186 e. The van der Waals surface area contributed by atoms with Crippen LogP contribution >= 0.6 is 11.3 Å². The van der Waals surface area contributed by atoms with Crippen molar-refractivity contribution in [2.75, 3.05) is 36.6 Å². The Morgan fingerprint density at radius 1 is 1.32 bits per heavy atom. The number of hydrogen-bond acceptors (Lipinski definition) is 6. The second-order valence-electron chi connectivity index (χ2n) is 4.44. The van der Waals surface area contributed by atoms with Crippen molar-refractivity contribution in [2.24, 2.45) is 0 Å². The number of para-hydroxylation sites is 1. The molecule has 1 aliphatic rings. The minimum Gasteiger partial charge on any atom is -0.494 e. The summed E-state index contributed by atoms with van der Waals surface area (Å²) < 4.78 is 29.2. The molecule has 7 heteroatoms. The van der Waals surface area contributed by atoms with Crippen LogP contribution in [0, 0.1) is 0 Å². The number of methoxy groups -OCH3 is 1. The third-order valence-corrected chi connectivity index (χ3v) is 5.90. The number of fused-ring (bicyclic) bond motifs is 1. The Bertz CT molecular complexity index is 695. The fourth-order valence-corrected chi connectivity index (χ4v) is 4.35. The molecule has 0 unspecified atom stereocenters. The van der Waals surface area contributed by atoms with Gasteiger partial charge in [0.05, 0.1) is 23.3 Å². The number of anilines is 1. The summed E-state index contributed by atoms with van der Waals surface area (Å²) >= 11 is 1.57. The molecule has 1 aliphatic heterocycles. The van der Waals surface area contributed by atoms with Crippen molar-refractivity contribution in [1.82, 2.24) is 4.98 Å². The summed E-state index contributed by atoms with van der Waals surface area (Å²) in [7, 11) is -1.23. The van der Waals surface area contributed by atoms with Gasteiger partial charge >= 0.3 is 0 Å². The highest BCUT2D eigenvalue weighted by molar-refractivity contribution is 7.91. The lowest BCUT2D eigenvalue weighted by Crippen LogP contribution is -2.40. The van der Waals surface area contributed by atoms with Crippen LogP contribution in [0.4, 0.5) is 5.13 Å². The fraction of sp³-hybridized carbons (Fsp3) is 0.417. The molecular weight excluding hydrogens is 284 g/mol. The Kier molecular flexibility index (Phi) is 3.10.